The van der Waals surface area contributed by atoms with Gasteiger partial charge in [0, 0.05) is 25.5 Å². The average Bonchev–Trinajstić information content (AvgIpc) is 3.13. The fourth-order valence-corrected chi connectivity index (χ4v) is 2.40. The van der Waals surface area contributed by atoms with E-state index in [4.69, 9.17) is 14.6 Å². The zero-order chi connectivity index (χ0) is 16.1. The molecule has 1 aromatic heterocycles. The largest absolute Gasteiger partial charge is 0.480 e. The summed E-state index contributed by atoms with van der Waals surface area (Å²) in [4.78, 5) is 23.1. The van der Waals surface area contributed by atoms with Crippen molar-refractivity contribution in [1.29, 1.82) is 0 Å². The number of nitrogens with zero attached hydrogens (tertiary/aromatic N) is 2. The molecule has 1 amide bonds. The van der Waals surface area contributed by atoms with Gasteiger partial charge in [-0.25, -0.2) is 0 Å². The van der Waals surface area contributed by atoms with Crippen LogP contribution in [0, 0.1) is 5.92 Å². The molecule has 0 unspecified atom stereocenters. The summed E-state index contributed by atoms with van der Waals surface area (Å²) in [6.07, 6.45) is 3.67. The van der Waals surface area contributed by atoms with Gasteiger partial charge in [0.05, 0.1) is 31.4 Å². The lowest BCUT2D eigenvalue weighted by molar-refractivity contribution is -0.142. The highest BCUT2D eigenvalue weighted by atomic mass is 16.5. The number of hydrogen-bond donors (Lipinski definition) is 2. The maximum Gasteiger partial charge on any atom is 0.325 e. The molecule has 0 radical (unpaired) electrons. The summed E-state index contributed by atoms with van der Waals surface area (Å²) in [7, 11) is 1.62. The van der Waals surface area contributed by atoms with Gasteiger partial charge in [-0.15, -0.1) is 0 Å². The molecule has 8 nitrogen and oxygen atoms in total. The number of rotatable bonds is 7. The second-order valence-corrected chi connectivity index (χ2v) is 5.28. The Balaban J connectivity index is 2.02. The highest BCUT2D eigenvalue weighted by Crippen LogP contribution is 2.34. The van der Waals surface area contributed by atoms with Gasteiger partial charge in [0.15, 0.2) is 0 Å². The summed E-state index contributed by atoms with van der Waals surface area (Å²) in [6.45, 7) is 3.07. The molecule has 0 spiro atoms. The predicted molar refractivity (Wildman–Crippen MR) is 76.1 cm³/mol. The van der Waals surface area contributed by atoms with Gasteiger partial charge < -0.3 is 19.9 Å². The minimum absolute atomic E-state index is 0.304. The van der Waals surface area contributed by atoms with Gasteiger partial charge in [-0.1, -0.05) is 0 Å². The molecule has 1 saturated heterocycles. The van der Waals surface area contributed by atoms with Crippen LogP contribution in [0.15, 0.2) is 12.4 Å². The van der Waals surface area contributed by atoms with E-state index in [2.05, 4.69) is 10.4 Å². The first-order valence-corrected chi connectivity index (χ1v) is 7.19. The number of carboxylic acids is 1. The lowest BCUT2D eigenvalue weighted by atomic mass is 9.96. The van der Waals surface area contributed by atoms with Crippen molar-refractivity contribution in [3.8, 4) is 0 Å². The highest BCUT2D eigenvalue weighted by molar-refractivity contribution is 5.85. The van der Waals surface area contributed by atoms with Crippen molar-refractivity contribution in [3.05, 3.63) is 18.0 Å². The molecule has 2 heterocycles. The number of carbonyl (C=O) groups excluding carboxylic acids is 1. The van der Waals surface area contributed by atoms with Crippen molar-refractivity contribution >= 4 is 11.9 Å². The van der Waals surface area contributed by atoms with E-state index >= 15 is 0 Å². The van der Waals surface area contributed by atoms with Crippen molar-refractivity contribution < 1.29 is 24.2 Å². The highest BCUT2D eigenvalue weighted by Gasteiger charge is 2.36. The summed E-state index contributed by atoms with van der Waals surface area (Å²) < 4.78 is 12.4. The number of nitrogens with one attached hydrogen (secondary N) is 1. The van der Waals surface area contributed by atoms with Crippen LogP contribution in [0.2, 0.25) is 0 Å². The van der Waals surface area contributed by atoms with Crippen LogP contribution in [-0.2, 0) is 25.6 Å². The van der Waals surface area contributed by atoms with Crippen molar-refractivity contribution in [2.45, 2.75) is 32.0 Å². The van der Waals surface area contributed by atoms with Gasteiger partial charge in [0.1, 0.15) is 6.04 Å². The fourth-order valence-electron chi connectivity index (χ4n) is 2.40. The Morgan fingerprint density at radius 3 is 3.09 bits per heavy atom. The fraction of sp³-hybridized carbons (Fsp3) is 0.643. The molecule has 0 saturated carbocycles. The number of aromatic nitrogens is 2. The van der Waals surface area contributed by atoms with Gasteiger partial charge in [0.25, 0.3) is 0 Å². The summed E-state index contributed by atoms with van der Waals surface area (Å²) in [5, 5.41) is 15.6. The molecule has 1 aromatic rings. The molecule has 0 bridgehead atoms. The van der Waals surface area contributed by atoms with E-state index in [0.29, 0.717) is 26.2 Å². The van der Waals surface area contributed by atoms with Gasteiger partial charge in [-0.05, 0) is 13.3 Å². The van der Waals surface area contributed by atoms with E-state index in [1.54, 1.807) is 18.0 Å². The molecule has 2 rings (SSSR count). The number of amides is 1. The maximum absolute atomic E-state index is 12.2. The molecule has 8 heteroatoms. The van der Waals surface area contributed by atoms with Gasteiger partial charge >= 0.3 is 5.97 Å². The van der Waals surface area contributed by atoms with Crippen LogP contribution in [0.5, 0.6) is 0 Å². The Hall–Kier alpha value is -1.93. The average molecular weight is 311 g/mol. The van der Waals surface area contributed by atoms with Crippen LogP contribution in [-0.4, -0.2) is 53.1 Å². The molecule has 3 atom stereocenters. The number of ether oxygens (including phenoxy) is 2. The number of aliphatic carboxylic acids is 1. The first-order chi connectivity index (χ1) is 10.5. The van der Waals surface area contributed by atoms with E-state index in [9.17, 15) is 9.59 Å². The van der Waals surface area contributed by atoms with E-state index in [-0.39, 0.29) is 5.91 Å². The monoisotopic (exact) mass is 311 g/mol. The summed E-state index contributed by atoms with van der Waals surface area (Å²) in [5.41, 5.74) is 0.816. The third kappa shape index (κ3) is 3.83. The van der Waals surface area contributed by atoms with Crippen molar-refractivity contribution in [2.75, 3.05) is 20.3 Å². The Kier molecular flexibility index (Phi) is 5.51. The maximum atomic E-state index is 12.2. The lowest BCUT2D eigenvalue weighted by Gasteiger charge is -2.18. The first kappa shape index (κ1) is 16.4. The number of carbonyl (C=O) groups is 2. The normalized spacial score (nSPS) is 22.5. The Labute approximate surface area is 128 Å². The molecule has 1 aliphatic rings. The predicted octanol–water partition coefficient (Wildman–Crippen LogP) is 0.196. The number of carboxylic acid groups (broad SMARTS) is 1. The molecule has 22 heavy (non-hydrogen) atoms. The minimum Gasteiger partial charge on any atom is -0.480 e. The first-order valence-electron chi connectivity index (χ1n) is 7.19. The Morgan fingerprint density at radius 1 is 1.64 bits per heavy atom. The topological polar surface area (TPSA) is 103 Å². The van der Waals surface area contributed by atoms with Crippen LogP contribution in [0.3, 0.4) is 0 Å². The molecule has 0 aromatic carbocycles. The quantitative estimate of drug-likeness (QED) is 0.745. The number of hydrogen-bond acceptors (Lipinski definition) is 5. The van der Waals surface area contributed by atoms with E-state index < -0.39 is 24.0 Å². The smallest absolute Gasteiger partial charge is 0.325 e. The molecule has 1 fully saturated rings. The van der Waals surface area contributed by atoms with Gasteiger partial charge in [0.2, 0.25) is 5.91 Å². The second-order valence-electron chi connectivity index (χ2n) is 5.28. The summed E-state index contributed by atoms with van der Waals surface area (Å²) in [5.74, 6) is -1.76. The van der Waals surface area contributed by atoms with E-state index in [1.165, 1.54) is 6.92 Å². The minimum atomic E-state index is -1.06. The van der Waals surface area contributed by atoms with Crippen molar-refractivity contribution in [3.63, 3.8) is 0 Å². The van der Waals surface area contributed by atoms with Crippen molar-refractivity contribution in [2.24, 2.45) is 5.92 Å². The standard InChI is InChI=1S/C14H21N3O5/c1-9(14(19)20)16-13(18)11-3-5-22-12(11)10-7-15-17(8-10)4-6-21-2/h7-9,11-12H,3-6H2,1-2H3,(H,16,18)(H,19,20)/t9-,11+,12-/m1/s1. The van der Waals surface area contributed by atoms with Gasteiger partial charge in [-0.2, -0.15) is 5.10 Å². The molecule has 1 aliphatic heterocycles. The SMILES string of the molecule is COCCn1cc([C@H]2OCC[C@@H]2C(=O)N[C@H](C)C(=O)O)cn1. The van der Waals surface area contributed by atoms with Crippen LogP contribution in [0.25, 0.3) is 0 Å². The van der Waals surface area contributed by atoms with Gasteiger partial charge in [-0.3, -0.25) is 14.3 Å². The van der Waals surface area contributed by atoms with Crippen molar-refractivity contribution in [1.82, 2.24) is 15.1 Å². The van der Waals surface area contributed by atoms with Crippen LogP contribution in [0.1, 0.15) is 25.0 Å². The van der Waals surface area contributed by atoms with Crippen LogP contribution >= 0.6 is 0 Å². The number of methoxy groups -OCH3 is 1. The Bertz CT molecular complexity index is 530. The summed E-state index contributed by atoms with van der Waals surface area (Å²) in [6, 6.07) is -0.918. The van der Waals surface area contributed by atoms with Crippen LogP contribution < -0.4 is 5.32 Å². The molecule has 0 aliphatic carbocycles. The lowest BCUT2D eigenvalue weighted by Crippen LogP contribution is -2.42. The molecule has 122 valence electrons. The zero-order valence-electron chi connectivity index (χ0n) is 12.7. The molecule has 2 N–H and O–H groups in total. The second kappa shape index (κ2) is 7.37. The third-order valence-corrected chi connectivity index (χ3v) is 3.66. The Morgan fingerprint density at radius 2 is 2.41 bits per heavy atom. The van der Waals surface area contributed by atoms with E-state index in [0.717, 1.165) is 5.56 Å². The zero-order valence-corrected chi connectivity index (χ0v) is 12.7. The molecular formula is C14H21N3O5. The molecular weight excluding hydrogens is 290 g/mol. The third-order valence-electron chi connectivity index (χ3n) is 3.66. The van der Waals surface area contributed by atoms with E-state index in [1.807, 2.05) is 6.20 Å². The summed E-state index contributed by atoms with van der Waals surface area (Å²) >= 11 is 0. The van der Waals surface area contributed by atoms with Crippen LogP contribution in [0.4, 0.5) is 0 Å².